The normalized spacial score (nSPS) is 23.6. The molecule has 2 N–H and O–H groups in total. The van der Waals surface area contributed by atoms with Crippen molar-refractivity contribution in [3.05, 3.63) is 35.9 Å². The molecule has 1 aromatic carbocycles. The Morgan fingerprint density at radius 3 is 2.33 bits per heavy atom. The number of rotatable bonds is 11. The first-order valence-electron chi connectivity index (χ1n) is 14.0. The van der Waals surface area contributed by atoms with Gasteiger partial charge in [0.2, 0.25) is 27.5 Å². The molecule has 0 saturated carbocycles. The maximum Gasteiger partial charge on any atom is 0.354 e. The van der Waals surface area contributed by atoms with E-state index >= 15 is 0 Å². The van der Waals surface area contributed by atoms with Crippen LogP contribution in [0.4, 0.5) is 9.59 Å². The zero-order chi connectivity index (χ0) is 31.7. The molecule has 3 saturated heterocycles. The summed E-state index contributed by atoms with van der Waals surface area (Å²) >= 11 is 1.37. The van der Waals surface area contributed by atoms with Gasteiger partial charge in [0, 0.05) is 6.54 Å². The Hall–Kier alpha value is -3.37. The molecular weight excluding hydrogens is 600 g/mol. The van der Waals surface area contributed by atoms with E-state index in [-0.39, 0.29) is 37.4 Å². The van der Waals surface area contributed by atoms with Crippen molar-refractivity contribution in [2.45, 2.75) is 55.9 Å². The van der Waals surface area contributed by atoms with E-state index in [4.69, 9.17) is 4.74 Å². The Morgan fingerprint density at radius 1 is 1.12 bits per heavy atom. The van der Waals surface area contributed by atoms with Crippen LogP contribution in [0, 0.1) is 0 Å². The number of sulfonamides is 1. The first-order chi connectivity index (χ1) is 20.2. The van der Waals surface area contributed by atoms with Crippen LogP contribution in [0.3, 0.4) is 0 Å². The van der Waals surface area contributed by atoms with E-state index in [0.29, 0.717) is 21.3 Å². The number of hydrogen-bond donors (Lipinski definition) is 2. The number of likely N-dealkylation sites (N-methyl/N-ethyl adjacent to an activating group) is 1. The fraction of sp³-hybridized carbons (Fsp3) is 0.593. The second kappa shape index (κ2) is 12.3. The van der Waals surface area contributed by atoms with E-state index < -0.39 is 50.4 Å². The lowest BCUT2D eigenvalue weighted by molar-refractivity contribution is -0.178. The fourth-order valence-corrected chi connectivity index (χ4v) is 8.01. The number of nitrogens with one attached hydrogen (secondary N) is 2. The number of urea groups is 2. The topological polar surface area (TPSA) is 166 Å². The number of esters is 1. The highest BCUT2D eigenvalue weighted by molar-refractivity contribution is 8.01. The molecule has 3 aliphatic heterocycles. The van der Waals surface area contributed by atoms with Gasteiger partial charge >= 0.3 is 18.0 Å². The molecular formula is C27H38N6O8S2. The number of fused-ring (bicyclic) bond motifs is 1. The minimum Gasteiger partial charge on any atom is -0.461 e. The minimum absolute atomic E-state index is 0.0400. The van der Waals surface area contributed by atoms with Gasteiger partial charge < -0.3 is 20.3 Å². The van der Waals surface area contributed by atoms with Gasteiger partial charge in [0.15, 0.2) is 0 Å². The van der Waals surface area contributed by atoms with Crippen LogP contribution in [0.25, 0.3) is 0 Å². The van der Waals surface area contributed by atoms with Gasteiger partial charge in [0.25, 0.3) is 0 Å². The molecule has 0 aliphatic carbocycles. The molecule has 3 fully saturated rings. The number of thioether (sulfide) groups is 1. The van der Waals surface area contributed by atoms with Crippen molar-refractivity contribution in [3.8, 4) is 0 Å². The zero-order valence-electron chi connectivity index (χ0n) is 24.9. The number of imide groups is 1. The monoisotopic (exact) mass is 638 g/mol. The third-order valence-electron chi connectivity index (χ3n) is 7.98. The average molecular weight is 639 g/mol. The lowest BCUT2D eigenvalue weighted by atomic mass is 9.89. The van der Waals surface area contributed by atoms with Crippen molar-refractivity contribution in [3.63, 3.8) is 0 Å². The van der Waals surface area contributed by atoms with Crippen molar-refractivity contribution < 1.29 is 37.1 Å². The van der Waals surface area contributed by atoms with Crippen LogP contribution in [0.15, 0.2) is 30.3 Å². The number of β-lactam (4-membered cyclic amide) rings is 1. The largest absolute Gasteiger partial charge is 0.461 e. The summed E-state index contributed by atoms with van der Waals surface area (Å²) in [6.07, 6.45) is 1.06. The zero-order valence-corrected chi connectivity index (χ0v) is 26.5. The quantitative estimate of drug-likeness (QED) is 0.263. The van der Waals surface area contributed by atoms with Crippen LogP contribution in [-0.2, 0) is 29.1 Å². The lowest BCUT2D eigenvalue weighted by Gasteiger charge is -2.47. The molecule has 236 valence electrons. The summed E-state index contributed by atoms with van der Waals surface area (Å²) in [5.74, 6) is -1.94. The summed E-state index contributed by atoms with van der Waals surface area (Å²) in [4.78, 5) is 71.0. The number of amides is 6. The van der Waals surface area contributed by atoms with Gasteiger partial charge in [-0.05, 0) is 32.5 Å². The van der Waals surface area contributed by atoms with E-state index in [1.54, 1.807) is 44.2 Å². The predicted molar refractivity (Wildman–Crippen MR) is 158 cm³/mol. The maximum absolute atomic E-state index is 14.1. The molecule has 16 heteroatoms. The van der Waals surface area contributed by atoms with Crippen LogP contribution in [0.1, 0.15) is 45.7 Å². The first-order valence-corrected chi connectivity index (χ1v) is 16.8. The van der Waals surface area contributed by atoms with Gasteiger partial charge in [-0.3, -0.25) is 14.5 Å². The Kier molecular flexibility index (Phi) is 9.32. The number of carbonyl (C=O) groups is 5. The molecule has 0 bridgehead atoms. The molecule has 4 rings (SSSR count). The van der Waals surface area contributed by atoms with Crippen LogP contribution < -0.4 is 10.6 Å². The van der Waals surface area contributed by atoms with Crippen molar-refractivity contribution in [2.24, 2.45) is 0 Å². The molecule has 6 amide bonds. The number of benzene rings is 1. The number of ether oxygens (including phenoxy) is 1. The summed E-state index contributed by atoms with van der Waals surface area (Å²) in [6.45, 7) is 9.04. The van der Waals surface area contributed by atoms with Gasteiger partial charge in [-0.15, -0.1) is 11.8 Å². The van der Waals surface area contributed by atoms with E-state index in [9.17, 15) is 32.4 Å². The smallest absolute Gasteiger partial charge is 0.354 e. The van der Waals surface area contributed by atoms with Gasteiger partial charge in [-0.2, -0.15) is 0 Å². The molecule has 3 aliphatic rings. The highest BCUT2D eigenvalue weighted by Gasteiger charge is 2.71. The molecule has 3 heterocycles. The third-order valence-corrected chi connectivity index (χ3v) is 10.7. The van der Waals surface area contributed by atoms with Gasteiger partial charge in [-0.25, -0.2) is 32.0 Å². The molecule has 3 atom stereocenters. The van der Waals surface area contributed by atoms with E-state index in [0.717, 1.165) is 19.3 Å². The van der Waals surface area contributed by atoms with Crippen molar-refractivity contribution in [1.82, 2.24) is 29.6 Å². The highest BCUT2D eigenvalue weighted by atomic mass is 32.2. The van der Waals surface area contributed by atoms with Gasteiger partial charge in [0.1, 0.15) is 12.6 Å². The molecule has 43 heavy (non-hydrogen) atoms. The van der Waals surface area contributed by atoms with Gasteiger partial charge in [-0.1, -0.05) is 44.2 Å². The molecule has 0 aromatic heterocycles. The van der Waals surface area contributed by atoms with Crippen molar-refractivity contribution in [2.75, 3.05) is 45.6 Å². The Balaban J connectivity index is 1.64. The van der Waals surface area contributed by atoms with Crippen molar-refractivity contribution >= 4 is 51.6 Å². The first kappa shape index (κ1) is 32.5. The molecule has 1 unspecified atom stereocenters. The maximum atomic E-state index is 14.1. The Morgan fingerprint density at radius 2 is 1.77 bits per heavy atom. The number of nitrogens with zero attached hydrogens (tertiary/aromatic N) is 4. The summed E-state index contributed by atoms with van der Waals surface area (Å²) in [7, 11) is -3.90. The highest BCUT2D eigenvalue weighted by Crippen LogP contribution is 2.56. The van der Waals surface area contributed by atoms with Crippen LogP contribution in [-0.4, -0.2) is 119 Å². The Bertz CT molecular complexity index is 1390. The van der Waals surface area contributed by atoms with Crippen LogP contribution in [0.2, 0.25) is 0 Å². The van der Waals surface area contributed by atoms with E-state index in [1.165, 1.54) is 16.7 Å². The lowest BCUT2D eigenvalue weighted by Crippen LogP contribution is -2.76. The third kappa shape index (κ3) is 6.04. The minimum atomic E-state index is -3.90. The SMILES string of the molecule is CCN(CC)CCOC(=O)[C@]1(NC(=O)C(NC(=O)N2CCN(S(C)(=O)=O)C2=O)c2ccccc2)N2C(=O)C[C@H]2SC1(C)C. The van der Waals surface area contributed by atoms with Crippen LogP contribution in [0.5, 0.6) is 0 Å². The molecule has 0 radical (unpaired) electrons. The van der Waals surface area contributed by atoms with Crippen molar-refractivity contribution in [1.29, 1.82) is 0 Å². The predicted octanol–water partition coefficient (Wildman–Crippen LogP) is 0.916. The standard InChI is InChI=1S/C27H38N6O8S2/c1-6-30(7-2)15-16-41-23(36)27(26(3,4)42-20-17-19(34)33(20)27)29-22(35)21(18-11-9-8-10-12-18)28-24(37)31-13-14-32(25(31)38)43(5,39)40/h8-12,20-21H,6-7,13-17H2,1-5H3,(H,28,37)(H,29,35)/t20-,21?,27+/m1/s1. The summed E-state index contributed by atoms with van der Waals surface area (Å²) < 4.78 is 29.2. The summed E-state index contributed by atoms with van der Waals surface area (Å²) in [5, 5.41) is 4.95. The summed E-state index contributed by atoms with van der Waals surface area (Å²) in [6, 6.07) is 4.73. The van der Waals surface area contributed by atoms with E-state index in [2.05, 4.69) is 15.5 Å². The average Bonchev–Trinajstić information content (AvgIpc) is 3.42. The molecule has 1 aromatic rings. The summed E-state index contributed by atoms with van der Waals surface area (Å²) in [5.41, 5.74) is -1.55. The fourth-order valence-electron chi connectivity index (χ4n) is 5.53. The van der Waals surface area contributed by atoms with Gasteiger partial charge in [0.05, 0.1) is 35.9 Å². The molecule has 14 nitrogen and oxygen atoms in total. The second-order valence-electron chi connectivity index (χ2n) is 11.0. The number of hydrogen-bond acceptors (Lipinski definition) is 10. The second-order valence-corrected chi connectivity index (χ2v) is 14.7. The molecule has 0 spiro atoms. The van der Waals surface area contributed by atoms with Crippen LogP contribution >= 0.6 is 11.8 Å². The number of carbonyl (C=O) groups excluding carboxylic acids is 5. The van der Waals surface area contributed by atoms with E-state index in [1.807, 2.05) is 13.8 Å². The Labute approximate surface area is 255 Å².